The maximum atomic E-state index is 13.1. The second kappa shape index (κ2) is 6.00. The molecule has 0 spiro atoms. The number of hydrogen-bond donors (Lipinski definition) is 1. The molecule has 4 saturated carbocycles. The van der Waals surface area contributed by atoms with Crippen molar-refractivity contribution < 1.29 is 9.59 Å². The van der Waals surface area contributed by atoms with E-state index >= 15 is 0 Å². The lowest BCUT2D eigenvalue weighted by atomic mass is 9.56. The van der Waals surface area contributed by atoms with Gasteiger partial charge in [0.2, 0.25) is 0 Å². The Bertz CT molecular complexity index is 697. The highest BCUT2D eigenvalue weighted by Crippen LogP contribution is 2.61. The zero-order valence-electron chi connectivity index (χ0n) is 15.8. The molecule has 5 rings (SSSR count). The smallest absolute Gasteiger partial charge is 0.191 e. The third kappa shape index (κ3) is 2.90. The first-order valence-electron chi connectivity index (χ1n) is 9.70. The molecule has 0 aliphatic heterocycles. The summed E-state index contributed by atoms with van der Waals surface area (Å²) in [6, 6.07) is 0. The molecule has 0 aromatic carbocycles. The highest BCUT2D eigenvalue weighted by molar-refractivity contribution is 8.02. The predicted molar refractivity (Wildman–Crippen MR) is 103 cm³/mol. The number of carbonyl (C=O) groups excluding carboxylic acids is 2. The largest absolute Gasteiger partial charge is 0.355 e. The van der Waals surface area contributed by atoms with Crippen molar-refractivity contribution >= 4 is 23.3 Å². The van der Waals surface area contributed by atoms with E-state index in [2.05, 4.69) is 11.9 Å². The fraction of sp³-hybridized carbons (Fsp3) is 0.714. The lowest BCUT2D eigenvalue weighted by molar-refractivity contribution is 0.0380. The van der Waals surface area contributed by atoms with E-state index in [9.17, 15) is 9.59 Å². The highest BCUT2D eigenvalue weighted by atomic mass is 32.2. The van der Waals surface area contributed by atoms with Crippen molar-refractivity contribution in [1.82, 2.24) is 4.98 Å². The van der Waals surface area contributed by atoms with Crippen LogP contribution in [-0.4, -0.2) is 26.5 Å². The number of thioether (sulfide) groups is 1. The van der Waals surface area contributed by atoms with Gasteiger partial charge in [0, 0.05) is 16.0 Å². The normalized spacial score (nSPS) is 34.3. The molecule has 1 N–H and O–H groups in total. The molecule has 1 atom stereocenters. The lowest BCUT2D eigenvalue weighted by Gasteiger charge is -2.57. The van der Waals surface area contributed by atoms with Gasteiger partial charge in [0.15, 0.2) is 11.6 Å². The Morgan fingerprint density at radius 3 is 2.04 bits per heavy atom. The van der Waals surface area contributed by atoms with E-state index in [1.165, 1.54) is 38.5 Å². The minimum atomic E-state index is -0.0483. The summed E-state index contributed by atoms with van der Waals surface area (Å²) >= 11 is 1.94. The van der Waals surface area contributed by atoms with E-state index in [0.29, 0.717) is 16.0 Å². The van der Waals surface area contributed by atoms with Gasteiger partial charge in [-0.1, -0.05) is 0 Å². The van der Waals surface area contributed by atoms with E-state index in [1.807, 2.05) is 25.6 Å². The van der Waals surface area contributed by atoms with E-state index < -0.39 is 0 Å². The summed E-state index contributed by atoms with van der Waals surface area (Å²) in [6.07, 6.45) is 8.21. The van der Waals surface area contributed by atoms with E-state index in [4.69, 9.17) is 0 Å². The third-order valence-corrected chi connectivity index (χ3v) is 8.38. The molecule has 4 fully saturated rings. The van der Waals surface area contributed by atoms with Crippen LogP contribution in [0.2, 0.25) is 0 Å². The molecule has 3 nitrogen and oxygen atoms in total. The molecule has 4 bridgehead atoms. The fourth-order valence-corrected chi connectivity index (χ4v) is 8.30. The summed E-state index contributed by atoms with van der Waals surface area (Å²) < 4.78 is 0.336. The molecule has 1 aromatic rings. The molecule has 1 aromatic heterocycles. The average Bonchev–Trinajstić information content (AvgIpc) is 2.79. The number of nitrogens with one attached hydrogen (secondary N) is 1. The van der Waals surface area contributed by atoms with Crippen LogP contribution in [0.25, 0.3) is 0 Å². The molecule has 25 heavy (non-hydrogen) atoms. The third-order valence-electron chi connectivity index (χ3n) is 6.81. The monoisotopic (exact) mass is 359 g/mol. The second-order valence-corrected chi connectivity index (χ2v) is 10.7. The fourth-order valence-electron chi connectivity index (χ4n) is 6.33. The van der Waals surface area contributed by atoms with Crippen molar-refractivity contribution in [2.45, 2.75) is 76.2 Å². The van der Waals surface area contributed by atoms with Gasteiger partial charge in [0.1, 0.15) is 0 Å². The van der Waals surface area contributed by atoms with Crippen LogP contribution in [0.1, 0.15) is 84.5 Å². The molecule has 1 heterocycles. The number of aryl methyl sites for hydroxylation is 1. The Morgan fingerprint density at radius 1 is 1.08 bits per heavy atom. The van der Waals surface area contributed by atoms with Gasteiger partial charge in [-0.2, -0.15) is 0 Å². The van der Waals surface area contributed by atoms with Gasteiger partial charge in [-0.15, -0.1) is 11.8 Å². The minimum Gasteiger partial charge on any atom is -0.355 e. The Labute approximate surface area is 154 Å². The Kier molecular flexibility index (Phi) is 4.18. The molecule has 0 radical (unpaired) electrons. The zero-order valence-corrected chi connectivity index (χ0v) is 16.6. The molecule has 4 heteroatoms. The maximum Gasteiger partial charge on any atom is 0.191 e. The van der Waals surface area contributed by atoms with Gasteiger partial charge < -0.3 is 4.98 Å². The number of rotatable bonds is 5. The van der Waals surface area contributed by atoms with Crippen molar-refractivity contribution in [3.05, 3.63) is 22.5 Å². The van der Waals surface area contributed by atoms with Crippen LogP contribution >= 0.6 is 11.8 Å². The van der Waals surface area contributed by atoms with Gasteiger partial charge >= 0.3 is 0 Å². The topological polar surface area (TPSA) is 49.9 Å². The number of ketones is 2. The molecule has 0 saturated heterocycles. The Hall–Kier alpha value is -1.03. The summed E-state index contributed by atoms with van der Waals surface area (Å²) in [5.74, 6) is 2.90. The molecule has 0 amide bonds. The Balaban J connectivity index is 1.54. The summed E-state index contributed by atoms with van der Waals surface area (Å²) in [6.45, 7) is 7.42. The first-order valence-corrected chi connectivity index (χ1v) is 10.6. The van der Waals surface area contributed by atoms with E-state index in [-0.39, 0.29) is 16.8 Å². The molecule has 136 valence electrons. The van der Waals surface area contributed by atoms with Crippen LogP contribution in [0.4, 0.5) is 0 Å². The second-order valence-electron chi connectivity index (χ2n) is 8.91. The number of aromatic nitrogens is 1. The number of Topliss-reactive ketones (excluding diaryl/α,β-unsaturated/α-hetero) is 2. The number of hydrogen-bond acceptors (Lipinski definition) is 3. The molecule has 0 unspecified atom stereocenters. The zero-order chi connectivity index (χ0) is 17.9. The van der Waals surface area contributed by atoms with Crippen LogP contribution in [-0.2, 0) is 0 Å². The number of H-pyrrole nitrogens is 1. The lowest BCUT2D eigenvalue weighted by Crippen LogP contribution is -2.49. The highest BCUT2D eigenvalue weighted by Gasteiger charge is 2.52. The standard InChI is InChI=1S/C21H29NO2S/c1-11-18(13(3)23)12(2)22-19(11)20(24)14(4)25-21-8-15-5-16(9-21)7-17(6-15)10-21/h14-17,22H,5-10H2,1-4H3/t14-,15?,16?,17?,21?/m0/s1. The SMILES string of the molecule is CC(=O)c1c(C)[nH]c(C(=O)[C@H](C)SC23CC4CC(CC(C4)C2)C3)c1C. The average molecular weight is 360 g/mol. The minimum absolute atomic E-state index is 0.0340. The number of aromatic amines is 1. The van der Waals surface area contributed by atoms with Crippen LogP contribution < -0.4 is 0 Å². The van der Waals surface area contributed by atoms with Crippen LogP contribution in [0.3, 0.4) is 0 Å². The molecular formula is C21H29NO2S. The molecular weight excluding hydrogens is 330 g/mol. The van der Waals surface area contributed by atoms with E-state index in [1.54, 1.807) is 6.92 Å². The van der Waals surface area contributed by atoms with Crippen molar-refractivity contribution in [3.63, 3.8) is 0 Å². The van der Waals surface area contributed by atoms with Gasteiger partial charge in [-0.3, -0.25) is 9.59 Å². The van der Waals surface area contributed by atoms with Crippen LogP contribution in [0.5, 0.6) is 0 Å². The molecule has 4 aliphatic rings. The first-order chi connectivity index (χ1) is 11.8. The van der Waals surface area contributed by atoms with Crippen LogP contribution in [0.15, 0.2) is 0 Å². The van der Waals surface area contributed by atoms with Gasteiger partial charge in [-0.05, 0) is 89.5 Å². The maximum absolute atomic E-state index is 13.1. The van der Waals surface area contributed by atoms with Crippen molar-refractivity contribution in [1.29, 1.82) is 0 Å². The van der Waals surface area contributed by atoms with Gasteiger partial charge in [-0.25, -0.2) is 0 Å². The summed E-state index contributed by atoms with van der Waals surface area (Å²) in [5.41, 5.74) is 2.98. The van der Waals surface area contributed by atoms with Crippen molar-refractivity contribution in [2.75, 3.05) is 0 Å². The van der Waals surface area contributed by atoms with Crippen LogP contribution in [0, 0.1) is 31.6 Å². The summed E-state index contributed by atoms with van der Waals surface area (Å²) in [5, 5.41) is -0.0483. The number of carbonyl (C=O) groups is 2. The van der Waals surface area contributed by atoms with Crippen molar-refractivity contribution in [2.24, 2.45) is 17.8 Å². The van der Waals surface area contributed by atoms with Gasteiger partial charge in [0.25, 0.3) is 0 Å². The van der Waals surface area contributed by atoms with E-state index in [0.717, 1.165) is 29.0 Å². The Morgan fingerprint density at radius 2 is 1.60 bits per heavy atom. The summed E-state index contributed by atoms with van der Waals surface area (Å²) in [4.78, 5) is 28.2. The van der Waals surface area contributed by atoms with Crippen molar-refractivity contribution in [3.8, 4) is 0 Å². The van der Waals surface area contributed by atoms with Gasteiger partial charge in [0.05, 0.1) is 10.9 Å². The quantitative estimate of drug-likeness (QED) is 0.744. The first kappa shape index (κ1) is 17.4. The molecule has 4 aliphatic carbocycles. The summed E-state index contributed by atoms with van der Waals surface area (Å²) in [7, 11) is 0. The predicted octanol–water partition coefficient (Wildman–Crippen LogP) is 5.11.